The van der Waals surface area contributed by atoms with Crippen LogP contribution in [0.15, 0.2) is 60.8 Å². The summed E-state index contributed by atoms with van der Waals surface area (Å²) < 4.78 is 19.9. The number of amides is 4. The summed E-state index contributed by atoms with van der Waals surface area (Å²) in [4.78, 5) is 82.0. The van der Waals surface area contributed by atoms with E-state index in [0.29, 0.717) is 71.5 Å². The van der Waals surface area contributed by atoms with Crippen LogP contribution in [-0.4, -0.2) is 150 Å². The Hall–Kier alpha value is -6.12. The molecule has 2 aromatic carbocycles. The molecule has 0 saturated carbocycles. The molecule has 2 aromatic heterocycles. The number of likely N-dealkylation sites (tertiary alicyclic amines) is 2. The van der Waals surface area contributed by atoms with Crippen LogP contribution in [0.1, 0.15) is 90.2 Å². The molecule has 4 amide bonds. The molecular weight excluding hydrogens is 925 g/mol. The van der Waals surface area contributed by atoms with Crippen molar-refractivity contribution in [3.8, 4) is 34.2 Å². The summed E-state index contributed by atoms with van der Waals surface area (Å²) in [5.41, 5.74) is 9.68. The fourth-order valence-corrected chi connectivity index (χ4v) is 11.6. The monoisotopic (exact) mass is 997 g/mol. The van der Waals surface area contributed by atoms with Gasteiger partial charge < -0.3 is 33.9 Å². The molecule has 0 radical (unpaired) electrons. The van der Waals surface area contributed by atoms with E-state index in [-0.39, 0.29) is 49.5 Å². The predicted molar refractivity (Wildman–Crippen MR) is 277 cm³/mol. The number of morpholine rings is 1. The van der Waals surface area contributed by atoms with Crippen LogP contribution in [0.4, 0.5) is 0 Å². The van der Waals surface area contributed by atoms with E-state index in [9.17, 15) is 24.0 Å². The average molecular weight is 997 g/mol. The van der Waals surface area contributed by atoms with Crippen LogP contribution < -0.4 is 10.7 Å². The molecule has 9 rings (SSSR count). The fraction of sp³-hybridized carbons (Fsp3) is 0.544. The highest BCUT2D eigenvalue weighted by Gasteiger charge is 2.54. The largest absolute Gasteiger partial charge is 0.464 e. The molecule has 1 spiro atoms. The van der Waals surface area contributed by atoms with Crippen molar-refractivity contribution >= 4 is 40.5 Å². The van der Waals surface area contributed by atoms with E-state index < -0.39 is 46.7 Å². The number of benzene rings is 2. The number of hydrogen-bond acceptors (Lipinski definition) is 11. The minimum Gasteiger partial charge on any atom is -0.464 e. The van der Waals surface area contributed by atoms with Gasteiger partial charge in [-0.25, -0.2) is 5.43 Å². The van der Waals surface area contributed by atoms with Gasteiger partial charge in [0.05, 0.1) is 48.8 Å². The van der Waals surface area contributed by atoms with E-state index >= 15 is 0 Å². The molecule has 2 N–H and O–H groups in total. The van der Waals surface area contributed by atoms with E-state index in [4.69, 9.17) is 19.2 Å². The Morgan fingerprint density at radius 2 is 1.79 bits per heavy atom. The van der Waals surface area contributed by atoms with Gasteiger partial charge in [0, 0.05) is 80.9 Å². The zero-order valence-corrected chi connectivity index (χ0v) is 43.8. The van der Waals surface area contributed by atoms with Crippen molar-refractivity contribution < 1.29 is 38.2 Å². The van der Waals surface area contributed by atoms with Crippen LogP contribution in [0.3, 0.4) is 0 Å². The van der Waals surface area contributed by atoms with Crippen molar-refractivity contribution in [2.75, 3.05) is 66.7 Å². The van der Waals surface area contributed by atoms with Crippen LogP contribution in [0.2, 0.25) is 0 Å². The number of rotatable bonds is 8. The van der Waals surface area contributed by atoms with E-state index in [2.05, 4.69) is 89.2 Å². The topological polar surface area (TPSA) is 168 Å². The maximum absolute atomic E-state index is 14.9. The van der Waals surface area contributed by atoms with Gasteiger partial charge in [-0.1, -0.05) is 63.9 Å². The molecule has 16 nitrogen and oxygen atoms in total. The number of nitrogens with one attached hydrogen (secondary N) is 2. The summed E-state index contributed by atoms with van der Waals surface area (Å²) in [6, 6.07) is 15.8. The molecule has 4 aromatic rings. The van der Waals surface area contributed by atoms with Gasteiger partial charge in [-0.05, 0) is 111 Å². The Morgan fingerprint density at radius 3 is 2.56 bits per heavy atom. The molecule has 73 heavy (non-hydrogen) atoms. The number of cyclic esters (lactones) is 1. The fourth-order valence-electron chi connectivity index (χ4n) is 11.6. The number of carbonyl (C=O) groups excluding carboxylic acids is 5. The van der Waals surface area contributed by atoms with Crippen molar-refractivity contribution in [3.05, 3.63) is 77.6 Å². The lowest BCUT2D eigenvalue weighted by Crippen LogP contribution is -2.62. The highest BCUT2D eigenvalue weighted by molar-refractivity contribution is 5.98. The zero-order chi connectivity index (χ0) is 51.8. The maximum Gasteiger partial charge on any atom is 0.324 e. The van der Waals surface area contributed by atoms with E-state index in [0.717, 1.165) is 56.7 Å². The van der Waals surface area contributed by atoms with Gasteiger partial charge >= 0.3 is 5.97 Å². The number of methoxy groups -OCH3 is 1. The molecule has 4 fully saturated rings. The number of aryl methyl sites for hydroxylation is 1. The molecule has 16 heteroatoms. The highest BCUT2D eigenvalue weighted by atomic mass is 16.5. The van der Waals surface area contributed by atoms with Gasteiger partial charge in [0.25, 0.3) is 11.8 Å². The van der Waals surface area contributed by atoms with Gasteiger partial charge in [0.2, 0.25) is 11.8 Å². The Bertz CT molecular complexity index is 2830. The molecule has 7 heterocycles. The van der Waals surface area contributed by atoms with Gasteiger partial charge in [0.1, 0.15) is 18.1 Å². The molecule has 6 bridgehead atoms. The number of hydrazine groups is 1. The molecule has 6 atom stereocenters. The zero-order valence-electron chi connectivity index (χ0n) is 43.8. The number of ether oxygens (including phenoxy) is 3. The lowest BCUT2D eigenvalue weighted by molar-refractivity contribution is -0.155. The second-order valence-corrected chi connectivity index (χ2v) is 21.9. The Balaban J connectivity index is 1.03. The lowest BCUT2D eigenvalue weighted by atomic mass is 9.84. The van der Waals surface area contributed by atoms with Gasteiger partial charge in [-0.15, -0.1) is 0 Å². The molecule has 5 aliphatic rings. The number of esters is 1. The quantitative estimate of drug-likeness (QED) is 0.168. The van der Waals surface area contributed by atoms with Gasteiger partial charge in [-0.3, -0.25) is 38.9 Å². The third kappa shape index (κ3) is 10.5. The normalized spacial score (nSPS) is 24.6. The van der Waals surface area contributed by atoms with Crippen molar-refractivity contribution in [2.24, 2.45) is 16.7 Å². The highest BCUT2D eigenvalue weighted by Crippen LogP contribution is 2.44. The number of hydrogen-bond donors (Lipinski definition) is 2. The van der Waals surface area contributed by atoms with Gasteiger partial charge in [0.15, 0.2) is 0 Å². The van der Waals surface area contributed by atoms with Crippen molar-refractivity contribution in [1.82, 2.24) is 40.0 Å². The summed E-state index contributed by atoms with van der Waals surface area (Å²) in [6.07, 6.45) is 4.26. The van der Waals surface area contributed by atoms with Crippen molar-refractivity contribution in [2.45, 2.75) is 117 Å². The van der Waals surface area contributed by atoms with E-state index in [1.54, 1.807) is 23.1 Å². The summed E-state index contributed by atoms with van der Waals surface area (Å²) in [6.45, 7) is 16.1. The minimum atomic E-state index is -1.05. The van der Waals surface area contributed by atoms with Gasteiger partial charge in [-0.2, -0.15) is 0 Å². The number of likely N-dealkylation sites (N-methyl/N-ethyl adjacent to an activating group) is 1. The molecule has 0 unspecified atom stereocenters. The van der Waals surface area contributed by atoms with Crippen LogP contribution in [0.25, 0.3) is 33.3 Å². The SMILES string of the molecule is CCn1c(-c2cccnc2[C@H](C)OC)c2c3cc(ccc31)-c1cccc(c1)C[C@H](NC(=O)[C@H](C(C)C)N1CC[C@]3(CCN(C(=O)C#C[C@H]4COCCN4C)C3)C1=O)C(=O)N1CCC[C@H](N1)C(=O)OCC(C)(C)C2. The maximum atomic E-state index is 14.9. The van der Waals surface area contributed by atoms with Crippen LogP contribution >= 0.6 is 0 Å². The first-order chi connectivity index (χ1) is 35.0. The molecule has 0 aliphatic carbocycles. The van der Waals surface area contributed by atoms with Crippen molar-refractivity contribution in [3.63, 3.8) is 0 Å². The second kappa shape index (κ2) is 21.4. The third-order valence-corrected chi connectivity index (χ3v) is 15.8. The number of pyridine rings is 1. The first-order valence-electron chi connectivity index (χ1n) is 26.2. The Morgan fingerprint density at radius 1 is 1.00 bits per heavy atom. The number of carbonyl (C=O) groups is 5. The molecular formula is C57H72N8O8. The standard InChI is InChI=1S/C57H72N8O8/c1-9-63-47-19-17-40-31-43(47)44(51(63)42-15-11-23-58-49(42)37(4)71-8)32-56(5,6)35-73-54(69)45-16-12-24-65(60-45)53(68)46(30-38-13-10-14-39(40)29-38)59-52(67)50(36(2)3)64-26-22-57(55(64)70)21-25-62(34-57)48(66)20-18-41-33-72-28-27-61(41)7/h10-11,13-15,17,19,23,29,31,36-37,41,45-46,50,60H,9,12,16,21-22,24-28,30,32-35H2,1-8H3,(H,59,67)/t37-,41-,45-,46-,50-,57-/m0/s1. The van der Waals surface area contributed by atoms with Crippen LogP contribution in [-0.2, 0) is 57.6 Å². The van der Waals surface area contributed by atoms with E-state index in [1.807, 2.05) is 46.0 Å². The molecule has 5 aliphatic heterocycles. The predicted octanol–water partition coefficient (Wildman–Crippen LogP) is 5.56. The lowest BCUT2D eigenvalue weighted by Gasteiger charge is -2.37. The summed E-state index contributed by atoms with van der Waals surface area (Å²) in [5.74, 6) is 3.81. The number of fused-ring (bicyclic) bond motifs is 6. The van der Waals surface area contributed by atoms with Crippen molar-refractivity contribution in [1.29, 1.82) is 0 Å². The summed E-state index contributed by atoms with van der Waals surface area (Å²) in [5, 5.41) is 5.66. The minimum absolute atomic E-state index is 0.134. The number of nitrogens with zero attached hydrogens (tertiary/aromatic N) is 6. The molecule has 4 saturated heterocycles. The second-order valence-electron chi connectivity index (χ2n) is 21.9. The Labute approximate surface area is 429 Å². The summed E-state index contributed by atoms with van der Waals surface area (Å²) in [7, 11) is 3.65. The van der Waals surface area contributed by atoms with Crippen LogP contribution in [0.5, 0.6) is 0 Å². The van der Waals surface area contributed by atoms with Crippen LogP contribution in [0, 0.1) is 28.6 Å². The first-order valence-corrected chi connectivity index (χ1v) is 26.2. The number of aromatic nitrogens is 2. The summed E-state index contributed by atoms with van der Waals surface area (Å²) >= 11 is 0. The third-order valence-electron chi connectivity index (χ3n) is 15.8. The molecule has 388 valence electrons. The Kier molecular flexibility index (Phi) is 15.2. The van der Waals surface area contributed by atoms with E-state index in [1.165, 1.54) is 5.01 Å². The first kappa shape index (κ1) is 51.8. The smallest absolute Gasteiger partial charge is 0.324 e. The average Bonchev–Trinajstić information content (AvgIpc) is 4.06.